The minimum Gasteiger partial charge on any atom is -0.481 e. The smallest absolute Gasteiger partial charge is 0.264 e. The van der Waals surface area contributed by atoms with Gasteiger partial charge in [0.1, 0.15) is 0 Å². The summed E-state index contributed by atoms with van der Waals surface area (Å²) in [7, 11) is 0. The van der Waals surface area contributed by atoms with Crippen LogP contribution in [0.15, 0.2) is 51.5 Å². The van der Waals surface area contributed by atoms with Gasteiger partial charge in [-0.3, -0.25) is 0 Å². The highest BCUT2D eigenvalue weighted by Crippen LogP contribution is 2.23. The summed E-state index contributed by atoms with van der Waals surface area (Å²) in [5.41, 5.74) is 0.772. The normalized spacial score (nSPS) is 10.7. The van der Waals surface area contributed by atoms with Gasteiger partial charge in [0, 0.05) is 15.1 Å². The van der Waals surface area contributed by atoms with Crippen LogP contribution in [-0.2, 0) is 6.61 Å². The van der Waals surface area contributed by atoms with Crippen LogP contribution in [0, 0.1) is 5.82 Å². The molecule has 0 saturated heterocycles. The van der Waals surface area contributed by atoms with Gasteiger partial charge in [0.2, 0.25) is 5.82 Å². The Morgan fingerprint density at radius 3 is 2.68 bits per heavy atom. The molecule has 0 aliphatic heterocycles. The number of halogens is 3. The van der Waals surface area contributed by atoms with E-state index < -0.39 is 5.82 Å². The summed E-state index contributed by atoms with van der Waals surface area (Å²) in [5, 5.41) is 4.48. The third-order valence-electron chi connectivity index (χ3n) is 2.82. The molecule has 0 spiro atoms. The van der Waals surface area contributed by atoms with Gasteiger partial charge in [-0.15, -0.1) is 0 Å². The van der Waals surface area contributed by atoms with E-state index in [1.807, 2.05) is 0 Å². The first kappa shape index (κ1) is 15.0. The summed E-state index contributed by atoms with van der Waals surface area (Å²) >= 11 is 9.01. The molecular weight excluding hydrogens is 375 g/mol. The van der Waals surface area contributed by atoms with E-state index in [1.54, 1.807) is 30.3 Å². The summed E-state index contributed by atoms with van der Waals surface area (Å²) < 4.78 is 24.7. The molecule has 22 heavy (non-hydrogen) atoms. The molecule has 112 valence electrons. The van der Waals surface area contributed by atoms with E-state index in [0.29, 0.717) is 15.3 Å². The minimum atomic E-state index is -0.466. The molecular formula is C15H9BrClFN2O2. The number of hydrogen-bond acceptors (Lipinski definition) is 4. The van der Waals surface area contributed by atoms with Crippen LogP contribution in [0.2, 0.25) is 5.02 Å². The van der Waals surface area contributed by atoms with Gasteiger partial charge in [-0.1, -0.05) is 32.7 Å². The molecule has 0 bridgehead atoms. The Labute approximate surface area is 139 Å². The quantitative estimate of drug-likeness (QED) is 0.645. The fourth-order valence-corrected chi connectivity index (χ4v) is 2.22. The van der Waals surface area contributed by atoms with Crippen molar-refractivity contribution in [1.29, 1.82) is 0 Å². The predicted molar refractivity (Wildman–Crippen MR) is 83.2 cm³/mol. The largest absolute Gasteiger partial charge is 0.481 e. The first-order valence-corrected chi connectivity index (χ1v) is 7.45. The highest BCUT2D eigenvalue weighted by Gasteiger charge is 2.11. The highest BCUT2D eigenvalue weighted by molar-refractivity contribution is 9.10. The fourth-order valence-electron chi connectivity index (χ4n) is 1.76. The Balaban J connectivity index is 1.70. The second-order valence-corrected chi connectivity index (χ2v) is 5.73. The van der Waals surface area contributed by atoms with Crippen LogP contribution in [0.5, 0.6) is 5.75 Å². The average Bonchev–Trinajstić information content (AvgIpc) is 2.96. The second kappa shape index (κ2) is 6.46. The molecule has 7 heteroatoms. The van der Waals surface area contributed by atoms with Crippen molar-refractivity contribution < 1.29 is 13.7 Å². The molecule has 1 heterocycles. The zero-order chi connectivity index (χ0) is 15.5. The van der Waals surface area contributed by atoms with Crippen molar-refractivity contribution in [3.8, 4) is 17.1 Å². The zero-order valence-corrected chi connectivity index (χ0v) is 13.4. The van der Waals surface area contributed by atoms with Gasteiger partial charge in [0.05, 0.1) is 0 Å². The summed E-state index contributed by atoms with van der Waals surface area (Å²) in [4.78, 5) is 4.19. The molecule has 0 radical (unpaired) electrons. The van der Waals surface area contributed by atoms with Crippen LogP contribution in [0.25, 0.3) is 11.4 Å². The number of rotatable bonds is 4. The van der Waals surface area contributed by atoms with E-state index >= 15 is 0 Å². The molecule has 3 rings (SSSR count). The van der Waals surface area contributed by atoms with Crippen molar-refractivity contribution in [3.63, 3.8) is 0 Å². The van der Waals surface area contributed by atoms with Crippen molar-refractivity contribution >= 4 is 27.5 Å². The van der Waals surface area contributed by atoms with Gasteiger partial charge in [-0.05, 0) is 42.5 Å². The molecule has 0 aliphatic carbocycles. The Kier molecular flexibility index (Phi) is 4.40. The molecule has 4 nitrogen and oxygen atoms in total. The highest BCUT2D eigenvalue weighted by atomic mass is 79.9. The van der Waals surface area contributed by atoms with E-state index in [9.17, 15) is 4.39 Å². The Bertz CT molecular complexity index is 792. The maximum absolute atomic E-state index is 13.6. The SMILES string of the molecule is Fc1cc(Br)ccc1OCc1nc(-c2ccc(Cl)cc2)no1. The van der Waals surface area contributed by atoms with Gasteiger partial charge >= 0.3 is 0 Å². The third kappa shape index (κ3) is 3.45. The van der Waals surface area contributed by atoms with Crippen molar-refractivity contribution in [3.05, 3.63) is 63.7 Å². The first-order chi connectivity index (χ1) is 10.6. The maximum atomic E-state index is 13.6. The number of hydrogen-bond donors (Lipinski definition) is 0. The molecule has 0 unspecified atom stereocenters. The zero-order valence-electron chi connectivity index (χ0n) is 11.1. The van der Waals surface area contributed by atoms with E-state index in [-0.39, 0.29) is 18.2 Å². The monoisotopic (exact) mass is 382 g/mol. The Morgan fingerprint density at radius 1 is 1.18 bits per heavy atom. The predicted octanol–water partition coefficient (Wildman–Crippen LogP) is 4.87. The number of benzene rings is 2. The van der Waals surface area contributed by atoms with Crippen molar-refractivity contribution in [2.45, 2.75) is 6.61 Å². The molecule has 0 saturated carbocycles. The van der Waals surface area contributed by atoms with Crippen LogP contribution in [0.1, 0.15) is 5.89 Å². The molecule has 0 N–H and O–H groups in total. The van der Waals surface area contributed by atoms with Crippen LogP contribution >= 0.6 is 27.5 Å². The molecule has 1 aromatic heterocycles. The van der Waals surface area contributed by atoms with Gasteiger partial charge < -0.3 is 9.26 Å². The van der Waals surface area contributed by atoms with Gasteiger partial charge in [-0.2, -0.15) is 4.98 Å². The van der Waals surface area contributed by atoms with E-state index in [4.69, 9.17) is 20.9 Å². The van der Waals surface area contributed by atoms with Gasteiger partial charge in [-0.25, -0.2) is 4.39 Å². The lowest BCUT2D eigenvalue weighted by molar-refractivity contribution is 0.234. The topological polar surface area (TPSA) is 48.2 Å². The lowest BCUT2D eigenvalue weighted by Gasteiger charge is -2.04. The lowest BCUT2D eigenvalue weighted by Crippen LogP contribution is -1.97. The van der Waals surface area contributed by atoms with Crippen LogP contribution < -0.4 is 4.74 Å². The summed E-state index contributed by atoms with van der Waals surface area (Å²) in [6.45, 7) is -0.0147. The molecule has 3 aromatic rings. The van der Waals surface area contributed by atoms with E-state index in [0.717, 1.165) is 5.56 Å². The van der Waals surface area contributed by atoms with Crippen molar-refractivity contribution in [2.75, 3.05) is 0 Å². The second-order valence-electron chi connectivity index (χ2n) is 4.38. The van der Waals surface area contributed by atoms with Crippen molar-refractivity contribution in [1.82, 2.24) is 10.1 Å². The molecule has 0 atom stereocenters. The summed E-state index contributed by atoms with van der Waals surface area (Å²) in [6, 6.07) is 11.6. The Hall–Kier alpha value is -1.92. The maximum Gasteiger partial charge on any atom is 0.264 e. The number of nitrogens with zero attached hydrogens (tertiary/aromatic N) is 2. The first-order valence-electron chi connectivity index (χ1n) is 6.28. The summed E-state index contributed by atoms with van der Waals surface area (Å²) in [5.74, 6) is 0.333. The fraction of sp³-hybridized carbons (Fsp3) is 0.0667. The van der Waals surface area contributed by atoms with Crippen LogP contribution in [-0.4, -0.2) is 10.1 Å². The van der Waals surface area contributed by atoms with Crippen molar-refractivity contribution in [2.24, 2.45) is 0 Å². The summed E-state index contributed by atoms with van der Waals surface area (Å²) in [6.07, 6.45) is 0. The standard InChI is InChI=1S/C15H9BrClFN2O2/c16-10-3-6-13(12(18)7-10)21-8-14-19-15(20-22-14)9-1-4-11(17)5-2-9/h1-7H,8H2. The third-order valence-corrected chi connectivity index (χ3v) is 3.56. The molecule has 0 fully saturated rings. The van der Waals surface area contributed by atoms with Gasteiger partial charge in [0.15, 0.2) is 18.2 Å². The Morgan fingerprint density at radius 2 is 1.95 bits per heavy atom. The number of ether oxygens (including phenoxy) is 1. The average molecular weight is 384 g/mol. The molecule has 0 amide bonds. The van der Waals surface area contributed by atoms with Crippen LogP contribution in [0.3, 0.4) is 0 Å². The molecule has 0 aliphatic rings. The minimum absolute atomic E-state index is 0.0147. The van der Waals surface area contributed by atoms with Gasteiger partial charge in [0.25, 0.3) is 5.89 Å². The lowest BCUT2D eigenvalue weighted by atomic mass is 10.2. The molecule has 2 aromatic carbocycles. The number of aromatic nitrogens is 2. The van der Waals surface area contributed by atoms with E-state index in [1.165, 1.54) is 12.1 Å². The van der Waals surface area contributed by atoms with Crippen LogP contribution in [0.4, 0.5) is 4.39 Å². The van der Waals surface area contributed by atoms with E-state index in [2.05, 4.69) is 26.1 Å².